The largest absolute Gasteiger partial charge is 0.370 e. The predicted octanol–water partition coefficient (Wildman–Crippen LogP) is -0.353. The summed E-state index contributed by atoms with van der Waals surface area (Å²) in [4.78, 5) is 14.4. The number of rotatable bonds is 2. The van der Waals surface area contributed by atoms with E-state index in [1.807, 2.05) is 31.2 Å². The third-order valence-corrected chi connectivity index (χ3v) is 1.70. The van der Waals surface area contributed by atoms with Crippen LogP contribution in [0.3, 0.4) is 0 Å². The minimum Gasteiger partial charge on any atom is -0.370 e. The number of aliphatic imine (C=N–C) groups is 1. The molecule has 19 heavy (non-hydrogen) atoms. The first-order valence-corrected chi connectivity index (χ1v) is 5.29. The van der Waals surface area contributed by atoms with Crippen LogP contribution in [0, 0.1) is 12.3 Å². The van der Waals surface area contributed by atoms with Crippen molar-refractivity contribution < 1.29 is 4.79 Å². The first-order valence-electron chi connectivity index (χ1n) is 5.29. The van der Waals surface area contributed by atoms with Gasteiger partial charge in [-0.3, -0.25) is 10.2 Å². The van der Waals surface area contributed by atoms with E-state index in [0.29, 0.717) is 0 Å². The normalized spacial score (nSPS) is 9.32. The maximum absolute atomic E-state index is 11.1. The molecule has 0 atom stereocenters. The number of amides is 1. The third kappa shape index (κ3) is 10.1. The Labute approximate surface area is 111 Å². The quantitative estimate of drug-likeness (QED) is 0.279. The van der Waals surface area contributed by atoms with Gasteiger partial charge in [-0.05, 0) is 18.6 Å². The number of aryl methyl sites for hydroxylation is 1. The second kappa shape index (κ2) is 8.29. The molecule has 7 heteroatoms. The molecule has 0 saturated carbocycles. The fourth-order valence-corrected chi connectivity index (χ4v) is 1.11. The zero-order valence-corrected chi connectivity index (χ0v) is 10.6. The molecule has 1 aromatic carbocycles. The zero-order chi connectivity index (χ0) is 14.8. The Hall–Kier alpha value is -2.83. The van der Waals surface area contributed by atoms with Gasteiger partial charge in [0.05, 0.1) is 0 Å². The number of nitrogens with two attached hydrogens (primary N) is 4. The summed E-state index contributed by atoms with van der Waals surface area (Å²) in [6, 6.07) is 7.75. The van der Waals surface area contributed by atoms with Crippen LogP contribution in [0.1, 0.15) is 11.1 Å². The summed E-state index contributed by atoms with van der Waals surface area (Å²) >= 11 is 0. The highest BCUT2D eigenvalue weighted by Gasteiger charge is 1.93. The van der Waals surface area contributed by atoms with Gasteiger partial charge in [-0.2, -0.15) is 4.99 Å². The van der Waals surface area contributed by atoms with Gasteiger partial charge in [0.2, 0.25) is 0 Å². The number of carbonyl (C=O) groups excluding carboxylic acids is 1. The van der Waals surface area contributed by atoms with E-state index in [2.05, 4.69) is 16.5 Å². The molecule has 0 aliphatic heterocycles. The Kier molecular flexibility index (Phi) is 7.05. The van der Waals surface area contributed by atoms with Crippen LogP contribution in [0.25, 0.3) is 6.08 Å². The summed E-state index contributed by atoms with van der Waals surface area (Å²) < 4.78 is 0. The summed E-state index contributed by atoms with van der Waals surface area (Å²) in [6.45, 7) is 1.98. The molecule has 0 aliphatic carbocycles. The van der Waals surface area contributed by atoms with E-state index < -0.39 is 5.91 Å². The molecule has 0 fully saturated rings. The highest BCUT2D eigenvalue weighted by molar-refractivity contribution is 5.99. The van der Waals surface area contributed by atoms with Crippen LogP contribution in [0.2, 0.25) is 0 Å². The van der Waals surface area contributed by atoms with Gasteiger partial charge in [0, 0.05) is 6.08 Å². The van der Waals surface area contributed by atoms with Gasteiger partial charge in [0.15, 0.2) is 11.9 Å². The lowest BCUT2D eigenvalue weighted by molar-refractivity contribution is -0.113. The fraction of sp³-hybridized carbons (Fsp3) is 0.0833. The summed E-state index contributed by atoms with van der Waals surface area (Å²) in [6.07, 6.45) is 3.00. The molecule has 0 heterocycles. The Morgan fingerprint density at radius 2 is 1.84 bits per heavy atom. The first kappa shape index (κ1) is 16.2. The van der Waals surface area contributed by atoms with E-state index in [1.54, 1.807) is 6.08 Å². The van der Waals surface area contributed by atoms with Crippen LogP contribution in [0.15, 0.2) is 35.3 Å². The minimum atomic E-state index is -0.462. The van der Waals surface area contributed by atoms with Gasteiger partial charge in [0.25, 0.3) is 5.91 Å². The van der Waals surface area contributed by atoms with Crippen LogP contribution < -0.4 is 22.9 Å². The second-order valence-electron chi connectivity index (χ2n) is 3.58. The predicted molar refractivity (Wildman–Crippen MR) is 77.1 cm³/mol. The van der Waals surface area contributed by atoms with Crippen LogP contribution in [-0.4, -0.2) is 17.8 Å². The molecule has 7 nitrogen and oxygen atoms in total. The zero-order valence-electron chi connectivity index (χ0n) is 10.6. The average molecular weight is 262 g/mol. The number of guanidine groups is 2. The van der Waals surface area contributed by atoms with Crippen LogP contribution in [0.5, 0.6) is 0 Å². The van der Waals surface area contributed by atoms with Crippen molar-refractivity contribution in [3.63, 3.8) is 0 Å². The molecule has 1 rings (SSSR count). The Balaban J connectivity index is 0.000000711. The van der Waals surface area contributed by atoms with Gasteiger partial charge in [0.1, 0.15) is 0 Å². The van der Waals surface area contributed by atoms with Crippen molar-refractivity contribution >= 4 is 23.9 Å². The first-order chi connectivity index (χ1) is 8.81. The SMILES string of the molecule is Cc1cccc(C=CC(=O)N=C(N)N)c1.N=C(N)N. The number of hydrogen-bond acceptors (Lipinski definition) is 2. The monoisotopic (exact) mass is 262 g/mol. The molecule has 0 aliphatic rings. The van der Waals surface area contributed by atoms with Crippen molar-refractivity contribution in [2.75, 3.05) is 0 Å². The van der Waals surface area contributed by atoms with E-state index in [4.69, 9.17) is 16.9 Å². The van der Waals surface area contributed by atoms with E-state index in [1.165, 1.54) is 6.08 Å². The molecule has 0 aromatic heterocycles. The van der Waals surface area contributed by atoms with Crippen molar-refractivity contribution in [3.8, 4) is 0 Å². The highest BCUT2D eigenvalue weighted by atomic mass is 16.1. The molecule has 0 bridgehead atoms. The van der Waals surface area contributed by atoms with Gasteiger partial charge in [-0.25, -0.2) is 0 Å². The molecule has 0 saturated heterocycles. The average Bonchev–Trinajstić information content (AvgIpc) is 2.25. The van der Waals surface area contributed by atoms with Gasteiger partial charge >= 0.3 is 0 Å². The lowest BCUT2D eigenvalue weighted by Gasteiger charge is -1.94. The summed E-state index contributed by atoms with van der Waals surface area (Å²) in [5.74, 6) is -1.02. The molecule has 102 valence electrons. The molecule has 1 amide bonds. The lowest BCUT2D eigenvalue weighted by atomic mass is 10.1. The van der Waals surface area contributed by atoms with Crippen molar-refractivity contribution in [1.29, 1.82) is 5.41 Å². The number of nitrogens with zero attached hydrogens (tertiary/aromatic N) is 1. The van der Waals surface area contributed by atoms with Crippen LogP contribution in [-0.2, 0) is 4.79 Å². The van der Waals surface area contributed by atoms with Crippen LogP contribution >= 0.6 is 0 Å². The standard InChI is InChI=1S/C11H13N3O.CH5N3/c1-8-3-2-4-9(7-8)5-6-10(15)14-11(12)13;2-1(3)4/h2-7H,1H3,(H4,12,13,14,15);(H5,2,3,4). The van der Waals surface area contributed by atoms with Crippen molar-refractivity contribution in [2.45, 2.75) is 6.92 Å². The van der Waals surface area contributed by atoms with Crippen molar-refractivity contribution in [2.24, 2.45) is 27.9 Å². The Morgan fingerprint density at radius 1 is 1.26 bits per heavy atom. The van der Waals surface area contributed by atoms with E-state index in [0.717, 1.165) is 11.1 Å². The molecule has 1 aromatic rings. The van der Waals surface area contributed by atoms with E-state index >= 15 is 0 Å². The lowest BCUT2D eigenvalue weighted by Crippen LogP contribution is -2.23. The molecular weight excluding hydrogens is 244 g/mol. The summed E-state index contributed by atoms with van der Waals surface area (Å²) in [5.41, 5.74) is 21.1. The topological polar surface area (TPSA) is 157 Å². The number of nitrogens with one attached hydrogen (secondary N) is 1. The smallest absolute Gasteiger partial charge is 0.272 e. The van der Waals surface area contributed by atoms with E-state index in [-0.39, 0.29) is 11.9 Å². The molecule has 0 spiro atoms. The van der Waals surface area contributed by atoms with Gasteiger partial charge in [-0.1, -0.05) is 29.8 Å². The molecule has 0 radical (unpaired) electrons. The number of benzene rings is 1. The van der Waals surface area contributed by atoms with Gasteiger partial charge in [-0.15, -0.1) is 0 Å². The fourth-order valence-electron chi connectivity index (χ4n) is 1.11. The van der Waals surface area contributed by atoms with Crippen LogP contribution in [0.4, 0.5) is 0 Å². The molecule has 9 N–H and O–H groups in total. The molecular formula is C12H18N6O. The number of carbonyl (C=O) groups is 1. The van der Waals surface area contributed by atoms with Gasteiger partial charge < -0.3 is 22.9 Å². The summed E-state index contributed by atoms with van der Waals surface area (Å²) in [5, 5.41) is 6.06. The highest BCUT2D eigenvalue weighted by Crippen LogP contribution is 2.05. The number of hydrogen-bond donors (Lipinski definition) is 5. The molecule has 0 unspecified atom stereocenters. The summed E-state index contributed by atoms with van der Waals surface area (Å²) in [7, 11) is 0. The Morgan fingerprint density at radius 3 is 2.32 bits per heavy atom. The maximum Gasteiger partial charge on any atom is 0.272 e. The minimum absolute atomic E-state index is 0.228. The third-order valence-electron chi connectivity index (χ3n) is 1.70. The maximum atomic E-state index is 11.1. The Bertz CT molecular complexity index is 499. The van der Waals surface area contributed by atoms with Crippen molar-refractivity contribution in [3.05, 3.63) is 41.5 Å². The van der Waals surface area contributed by atoms with E-state index in [9.17, 15) is 4.79 Å². The second-order valence-corrected chi connectivity index (χ2v) is 3.58. The van der Waals surface area contributed by atoms with Crippen molar-refractivity contribution in [1.82, 2.24) is 0 Å².